The highest BCUT2D eigenvalue weighted by Gasteiger charge is 2.33. The van der Waals surface area contributed by atoms with E-state index < -0.39 is 6.04 Å². The summed E-state index contributed by atoms with van der Waals surface area (Å²) in [6, 6.07) is 20.9. The summed E-state index contributed by atoms with van der Waals surface area (Å²) < 4.78 is 0. The van der Waals surface area contributed by atoms with Crippen LogP contribution < -0.4 is 15.5 Å². The van der Waals surface area contributed by atoms with Crippen molar-refractivity contribution in [2.75, 3.05) is 22.1 Å². The highest BCUT2D eigenvalue weighted by molar-refractivity contribution is 6.35. The van der Waals surface area contributed by atoms with Crippen LogP contribution in [0.4, 0.5) is 17.1 Å². The molecule has 0 bridgehead atoms. The third-order valence-corrected chi connectivity index (χ3v) is 5.04. The standard InChI is InChI=1S/C22H17Cl2N3O2/c23-15-10-16(24)12-17(11-15)25-22(29)21(14-6-2-1-3-7-14)27-13-20(28)26-18-8-4-5-9-19(18)27/h1-12,21H,13H2,(H,25,29)(H,26,28)/t21-/m0/s1. The van der Waals surface area contributed by atoms with Crippen molar-refractivity contribution in [2.45, 2.75) is 6.04 Å². The minimum Gasteiger partial charge on any atom is -0.345 e. The molecule has 0 fully saturated rings. The van der Waals surface area contributed by atoms with E-state index >= 15 is 0 Å². The van der Waals surface area contributed by atoms with Gasteiger partial charge in [0.25, 0.3) is 5.91 Å². The molecular formula is C22H17Cl2N3O2. The SMILES string of the molecule is O=C1CN([C@H](C(=O)Nc2cc(Cl)cc(Cl)c2)c2ccccc2)c2ccccc2N1. The van der Waals surface area contributed by atoms with E-state index in [2.05, 4.69) is 10.6 Å². The topological polar surface area (TPSA) is 61.4 Å². The van der Waals surface area contributed by atoms with Crippen LogP contribution in [0.3, 0.4) is 0 Å². The maximum Gasteiger partial charge on any atom is 0.251 e. The van der Waals surface area contributed by atoms with Gasteiger partial charge in [-0.05, 0) is 35.9 Å². The Morgan fingerprint density at radius 3 is 2.34 bits per heavy atom. The molecule has 0 unspecified atom stereocenters. The minimum absolute atomic E-state index is 0.0558. The summed E-state index contributed by atoms with van der Waals surface area (Å²) in [7, 11) is 0. The molecule has 0 radical (unpaired) electrons. The second kappa shape index (κ2) is 8.15. The van der Waals surface area contributed by atoms with Gasteiger partial charge in [-0.15, -0.1) is 0 Å². The Kier molecular flexibility index (Phi) is 5.43. The quantitative estimate of drug-likeness (QED) is 0.608. The molecule has 0 aliphatic carbocycles. The molecule has 0 saturated carbocycles. The van der Waals surface area contributed by atoms with Gasteiger partial charge in [-0.3, -0.25) is 9.59 Å². The summed E-state index contributed by atoms with van der Waals surface area (Å²) in [6.07, 6.45) is 0. The molecule has 7 heteroatoms. The highest BCUT2D eigenvalue weighted by Crippen LogP contribution is 2.36. The van der Waals surface area contributed by atoms with Gasteiger partial charge in [-0.1, -0.05) is 65.7 Å². The maximum absolute atomic E-state index is 13.4. The van der Waals surface area contributed by atoms with Gasteiger partial charge in [0, 0.05) is 15.7 Å². The third-order valence-electron chi connectivity index (χ3n) is 4.61. The van der Waals surface area contributed by atoms with Gasteiger partial charge >= 0.3 is 0 Å². The Hall–Kier alpha value is -3.02. The van der Waals surface area contributed by atoms with Gasteiger partial charge in [0.1, 0.15) is 6.04 Å². The largest absolute Gasteiger partial charge is 0.345 e. The van der Waals surface area contributed by atoms with Crippen molar-refractivity contribution >= 4 is 52.1 Å². The minimum atomic E-state index is -0.721. The fourth-order valence-corrected chi connectivity index (χ4v) is 3.96. The van der Waals surface area contributed by atoms with E-state index in [9.17, 15) is 9.59 Å². The predicted octanol–water partition coefficient (Wildman–Crippen LogP) is 5.13. The Labute approximate surface area is 178 Å². The van der Waals surface area contributed by atoms with Crippen LogP contribution in [0.2, 0.25) is 10.0 Å². The fraction of sp³-hybridized carbons (Fsp3) is 0.0909. The molecule has 146 valence electrons. The van der Waals surface area contributed by atoms with Crippen LogP contribution >= 0.6 is 23.2 Å². The van der Waals surface area contributed by atoms with Crippen LogP contribution in [-0.4, -0.2) is 18.4 Å². The monoisotopic (exact) mass is 425 g/mol. The first-order chi connectivity index (χ1) is 14.0. The molecule has 1 heterocycles. The van der Waals surface area contributed by atoms with Crippen molar-refractivity contribution in [1.29, 1.82) is 0 Å². The molecule has 1 atom stereocenters. The molecule has 3 aromatic rings. The first-order valence-electron chi connectivity index (χ1n) is 8.99. The number of anilines is 3. The Morgan fingerprint density at radius 2 is 1.62 bits per heavy atom. The van der Waals surface area contributed by atoms with Crippen molar-refractivity contribution in [1.82, 2.24) is 0 Å². The van der Waals surface area contributed by atoms with Crippen LogP contribution in [0.1, 0.15) is 11.6 Å². The highest BCUT2D eigenvalue weighted by atomic mass is 35.5. The lowest BCUT2D eigenvalue weighted by atomic mass is 10.0. The molecule has 4 rings (SSSR count). The zero-order valence-electron chi connectivity index (χ0n) is 15.2. The van der Waals surface area contributed by atoms with Crippen LogP contribution in [0.15, 0.2) is 72.8 Å². The van der Waals surface area contributed by atoms with Crippen LogP contribution in [0, 0.1) is 0 Å². The summed E-state index contributed by atoms with van der Waals surface area (Å²) in [4.78, 5) is 27.5. The normalized spacial score (nSPS) is 14.0. The zero-order valence-corrected chi connectivity index (χ0v) is 16.7. The number of rotatable bonds is 4. The number of nitrogens with one attached hydrogen (secondary N) is 2. The van der Waals surface area contributed by atoms with Crippen molar-refractivity contribution in [2.24, 2.45) is 0 Å². The van der Waals surface area contributed by atoms with Gasteiger partial charge in [-0.2, -0.15) is 0 Å². The number of carbonyl (C=O) groups excluding carboxylic acids is 2. The zero-order chi connectivity index (χ0) is 20.4. The number of hydrogen-bond donors (Lipinski definition) is 2. The number of amides is 2. The average Bonchev–Trinajstić information content (AvgIpc) is 2.68. The summed E-state index contributed by atoms with van der Waals surface area (Å²) in [6.45, 7) is 0.0558. The molecule has 2 N–H and O–H groups in total. The number of hydrogen-bond acceptors (Lipinski definition) is 3. The molecule has 0 saturated heterocycles. The Morgan fingerprint density at radius 1 is 0.966 bits per heavy atom. The summed E-state index contributed by atoms with van der Waals surface area (Å²) >= 11 is 12.1. The number of halogens is 2. The van der Waals surface area contributed by atoms with Gasteiger partial charge in [-0.25, -0.2) is 0 Å². The first-order valence-corrected chi connectivity index (χ1v) is 9.74. The van der Waals surface area contributed by atoms with Gasteiger partial charge in [0.15, 0.2) is 0 Å². The molecule has 3 aromatic carbocycles. The second-order valence-electron chi connectivity index (χ2n) is 6.65. The van der Waals surface area contributed by atoms with E-state index in [0.717, 1.165) is 11.3 Å². The van der Waals surface area contributed by atoms with E-state index in [-0.39, 0.29) is 18.4 Å². The molecule has 1 aliphatic rings. The number of carbonyl (C=O) groups is 2. The van der Waals surface area contributed by atoms with E-state index in [1.807, 2.05) is 54.6 Å². The second-order valence-corrected chi connectivity index (χ2v) is 7.53. The average molecular weight is 426 g/mol. The number of nitrogens with zero attached hydrogens (tertiary/aromatic N) is 1. The van der Waals surface area contributed by atoms with E-state index in [1.54, 1.807) is 23.1 Å². The number of benzene rings is 3. The lowest BCUT2D eigenvalue weighted by molar-refractivity contribution is -0.118. The van der Waals surface area contributed by atoms with Crippen molar-refractivity contribution in [3.8, 4) is 0 Å². The Balaban J connectivity index is 1.75. The molecular weight excluding hydrogens is 409 g/mol. The summed E-state index contributed by atoms with van der Waals surface area (Å²) in [5.41, 5.74) is 2.70. The molecule has 1 aliphatic heterocycles. The predicted molar refractivity (Wildman–Crippen MR) is 117 cm³/mol. The van der Waals surface area contributed by atoms with Gasteiger partial charge in [0.2, 0.25) is 5.91 Å². The van der Waals surface area contributed by atoms with Crippen molar-refractivity contribution in [3.05, 3.63) is 88.4 Å². The first kappa shape index (κ1) is 19.3. The Bertz CT molecular complexity index is 1050. The van der Waals surface area contributed by atoms with Crippen LogP contribution in [-0.2, 0) is 9.59 Å². The lowest BCUT2D eigenvalue weighted by Gasteiger charge is -2.36. The van der Waals surface area contributed by atoms with Crippen LogP contribution in [0.5, 0.6) is 0 Å². The third kappa shape index (κ3) is 4.21. The van der Waals surface area contributed by atoms with Crippen molar-refractivity contribution < 1.29 is 9.59 Å². The molecule has 29 heavy (non-hydrogen) atoms. The summed E-state index contributed by atoms with van der Waals surface area (Å²) in [5, 5.41) is 6.58. The maximum atomic E-state index is 13.4. The lowest BCUT2D eigenvalue weighted by Crippen LogP contribution is -2.45. The number of para-hydroxylation sites is 2. The molecule has 0 spiro atoms. The van der Waals surface area contributed by atoms with E-state index in [4.69, 9.17) is 23.2 Å². The van der Waals surface area contributed by atoms with E-state index in [1.165, 1.54) is 0 Å². The molecule has 2 amide bonds. The van der Waals surface area contributed by atoms with Gasteiger partial charge in [0.05, 0.1) is 17.9 Å². The van der Waals surface area contributed by atoms with Gasteiger partial charge < -0.3 is 15.5 Å². The smallest absolute Gasteiger partial charge is 0.251 e. The summed E-state index contributed by atoms with van der Waals surface area (Å²) in [5.74, 6) is -0.470. The number of fused-ring (bicyclic) bond motifs is 1. The van der Waals surface area contributed by atoms with Crippen LogP contribution in [0.25, 0.3) is 0 Å². The molecule has 0 aromatic heterocycles. The molecule has 5 nitrogen and oxygen atoms in total. The van der Waals surface area contributed by atoms with Crippen molar-refractivity contribution in [3.63, 3.8) is 0 Å². The fourth-order valence-electron chi connectivity index (χ4n) is 3.43. The van der Waals surface area contributed by atoms with E-state index in [0.29, 0.717) is 21.4 Å².